The van der Waals surface area contributed by atoms with E-state index in [1.54, 1.807) is 5.56 Å². The largest absolute Gasteiger partial charge is 0.370 e. The van der Waals surface area contributed by atoms with Crippen LogP contribution < -0.4 is 40.9 Å². The summed E-state index contributed by atoms with van der Waals surface area (Å²) in [6, 6.07) is 34.1. The normalized spacial score (nSPS) is 19.1. The Hall–Kier alpha value is -4.84. The van der Waals surface area contributed by atoms with Crippen LogP contribution in [0.3, 0.4) is 0 Å². The number of hydrogen-bond donors (Lipinski definition) is 0. The summed E-state index contributed by atoms with van der Waals surface area (Å²) >= 11 is 0. The Kier molecular flexibility index (Phi) is 7.53. The van der Waals surface area contributed by atoms with Gasteiger partial charge in [-0.05, 0) is 153 Å². The average Bonchev–Trinajstić information content (AvgIpc) is 3.32. The van der Waals surface area contributed by atoms with Crippen molar-refractivity contribution in [3.8, 4) is 0 Å². The predicted molar refractivity (Wildman–Crippen MR) is 242 cm³/mol. The number of benzene rings is 5. The van der Waals surface area contributed by atoms with Gasteiger partial charge in [-0.25, -0.2) is 0 Å². The fraction of sp³-hybridized carbons (Fsp3) is 0.400. The number of hydrogen-bond acceptors (Lipinski definition) is 5. The molecule has 5 aromatic rings. The second kappa shape index (κ2) is 11.8. The van der Waals surface area contributed by atoms with Gasteiger partial charge >= 0.3 is 0 Å². The van der Waals surface area contributed by atoms with Gasteiger partial charge in [-0.3, -0.25) is 0 Å². The molecule has 0 aromatic heterocycles. The highest BCUT2D eigenvalue weighted by atomic mass is 15.4. The summed E-state index contributed by atoms with van der Waals surface area (Å²) in [5.74, 6) is 0.453. The Morgan fingerprint density at radius 2 is 1.39 bits per heavy atom. The second-order valence-corrected chi connectivity index (χ2v) is 20.0. The molecule has 0 fully saturated rings. The van der Waals surface area contributed by atoms with Crippen LogP contribution in [0.1, 0.15) is 95.5 Å². The van der Waals surface area contributed by atoms with Crippen LogP contribution in [0, 0.1) is 6.92 Å². The number of aryl methyl sites for hydroxylation is 2. The van der Waals surface area contributed by atoms with E-state index in [4.69, 9.17) is 0 Å². The lowest BCUT2D eigenvalue weighted by Crippen LogP contribution is -2.64. The quantitative estimate of drug-likeness (QED) is 0.164. The van der Waals surface area contributed by atoms with Crippen LogP contribution in [0.15, 0.2) is 84.9 Å². The standard InChI is InChI=1S/C50H58BN5/c1-31-24-44-46-45(25-31)56(49(5,6)7)41-20-17-33(35-26-34-15-12-14-32-16-13-23-54(30-35)47(32)34)27-38(41)51(46)39-28-36(48(2,3)4)18-21-40(39)55(44)37-19-22-42-43(29-37)53(11)50(8,9)52(42)10/h12,14-15,17-22,24-25,27-29,35H,13,16,23,26,30H2,1-11H3. The summed E-state index contributed by atoms with van der Waals surface area (Å²) in [6.07, 6.45) is 3.55. The van der Waals surface area contributed by atoms with E-state index >= 15 is 0 Å². The number of anilines is 8. The van der Waals surface area contributed by atoms with Gasteiger partial charge in [0.1, 0.15) is 5.66 Å². The van der Waals surface area contributed by atoms with Gasteiger partial charge in [0.15, 0.2) is 0 Å². The zero-order chi connectivity index (χ0) is 39.2. The van der Waals surface area contributed by atoms with Crippen molar-refractivity contribution in [3.63, 3.8) is 0 Å². The third-order valence-corrected chi connectivity index (χ3v) is 14.1. The summed E-state index contributed by atoms with van der Waals surface area (Å²) in [5.41, 5.74) is 21.8. The van der Waals surface area contributed by atoms with Crippen molar-refractivity contribution in [2.45, 2.75) is 104 Å². The van der Waals surface area contributed by atoms with E-state index in [2.05, 4.69) is 186 Å². The minimum atomic E-state index is -0.137. The van der Waals surface area contributed by atoms with Crippen molar-refractivity contribution in [2.75, 3.05) is 51.7 Å². The van der Waals surface area contributed by atoms with Crippen molar-refractivity contribution < 1.29 is 0 Å². The van der Waals surface area contributed by atoms with Crippen molar-refractivity contribution in [1.29, 1.82) is 0 Å². The zero-order valence-corrected chi connectivity index (χ0v) is 35.5. The Morgan fingerprint density at radius 3 is 2.16 bits per heavy atom. The molecule has 0 saturated carbocycles. The first-order chi connectivity index (χ1) is 26.5. The van der Waals surface area contributed by atoms with E-state index in [0.717, 1.165) is 19.5 Å². The summed E-state index contributed by atoms with van der Waals surface area (Å²) in [6.45, 7) is 23.5. The highest BCUT2D eigenvalue weighted by molar-refractivity contribution is 7.00. The molecule has 5 heterocycles. The lowest BCUT2D eigenvalue weighted by Gasteiger charge is -2.49. The van der Waals surface area contributed by atoms with Crippen molar-refractivity contribution in [1.82, 2.24) is 0 Å². The first kappa shape index (κ1) is 35.6. The lowest BCUT2D eigenvalue weighted by atomic mass is 9.33. The SMILES string of the molecule is Cc1cc2c3c(c1)N(C(C)(C)C)c1ccc(C4Cc5cccc6c5N(CCC6)C4)cc1B3c1cc(C(C)(C)C)ccc1N2c1ccc2c(c1)N(C)C(C)(C)N2C. The highest BCUT2D eigenvalue weighted by Gasteiger charge is 2.46. The van der Waals surface area contributed by atoms with Gasteiger partial charge in [0.05, 0.1) is 11.4 Å². The highest BCUT2D eigenvalue weighted by Crippen LogP contribution is 2.49. The van der Waals surface area contributed by atoms with Crippen LogP contribution in [-0.2, 0) is 18.3 Å². The third-order valence-electron chi connectivity index (χ3n) is 14.1. The first-order valence-corrected chi connectivity index (χ1v) is 21.0. The van der Waals surface area contributed by atoms with Crippen LogP contribution in [0.4, 0.5) is 45.5 Å². The maximum atomic E-state index is 2.70. The Labute approximate surface area is 336 Å². The molecule has 5 aliphatic heterocycles. The Bertz CT molecular complexity index is 2450. The Balaban J connectivity index is 1.21. The predicted octanol–water partition coefficient (Wildman–Crippen LogP) is 9.56. The fourth-order valence-electron chi connectivity index (χ4n) is 10.9. The molecule has 0 aliphatic carbocycles. The molecule has 0 spiro atoms. The van der Waals surface area contributed by atoms with Gasteiger partial charge < -0.3 is 24.5 Å². The van der Waals surface area contributed by atoms with Crippen molar-refractivity contribution >= 4 is 68.6 Å². The molecule has 5 aliphatic rings. The molecule has 0 amide bonds. The average molecular weight is 740 g/mol. The zero-order valence-electron chi connectivity index (χ0n) is 35.5. The molecule has 5 aromatic carbocycles. The Morgan fingerprint density at radius 1 is 0.696 bits per heavy atom. The molecule has 286 valence electrons. The molecule has 0 saturated heterocycles. The molecular formula is C50H58BN5. The maximum Gasteiger partial charge on any atom is 0.252 e. The molecule has 1 atom stereocenters. The summed E-state index contributed by atoms with van der Waals surface area (Å²) in [7, 11) is 4.46. The second-order valence-electron chi connectivity index (χ2n) is 20.0. The molecule has 56 heavy (non-hydrogen) atoms. The number of para-hydroxylation sites is 1. The van der Waals surface area contributed by atoms with Crippen LogP contribution in [-0.4, -0.2) is 45.1 Å². The van der Waals surface area contributed by atoms with Crippen molar-refractivity contribution in [2.24, 2.45) is 0 Å². The van der Waals surface area contributed by atoms with Crippen LogP contribution in [0.25, 0.3) is 0 Å². The summed E-state index contributed by atoms with van der Waals surface area (Å²) in [5, 5.41) is 0. The van der Waals surface area contributed by atoms with E-state index in [1.807, 2.05) is 0 Å². The molecule has 0 radical (unpaired) electrons. The maximum absolute atomic E-state index is 2.70. The van der Waals surface area contributed by atoms with Crippen molar-refractivity contribution in [3.05, 3.63) is 113 Å². The molecule has 0 bridgehead atoms. The lowest BCUT2D eigenvalue weighted by molar-refractivity contribution is 0.505. The molecule has 1 unspecified atom stereocenters. The molecule has 10 rings (SSSR count). The minimum Gasteiger partial charge on any atom is -0.370 e. The smallest absolute Gasteiger partial charge is 0.252 e. The van der Waals surface area contributed by atoms with E-state index in [1.165, 1.54) is 97.0 Å². The monoisotopic (exact) mass is 739 g/mol. The van der Waals surface area contributed by atoms with Gasteiger partial charge in [0.2, 0.25) is 0 Å². The third kappa shape index (κ3) is 5.06. The summed E-state index contributed by atoms with van der Waals surface area (Å²) in [4.78, 5) is 12.8. The molecule has 6 heteroatoms. The minimum absolute atomic E-state index is 0.0161. The first-order valence-electron chi connectivity index (χ1n) is 21.0. The van der Waals surface area contributed by atoms with Crippen LogP contribution >= 0.6 is 0 Å². The van der Waals surface area contributed by atoms with Crippen LogP contribution in [0.5, 0.6) is 0 Å². The van der Waals surface area contributed by atoms with E-state index in [9.17, 15) is 0 Å². The van der Waals surface area contributed by atoms with Gasteiger partial charge in [0.25, 0.3) is 6.71 Å². The van der Waals surface area contributed by atoms with E-state index < -0.39 is 0 Å². The number of nitrogens with zero attached hydrogens (tertiary/aromatic N) is 5. The van der Waals surface area contributed by atoms with Gasteiger partial charge in [-0.1, -0.05) is 63.2 Å². The fourth-order valence-corrected chi connectivity index (χ4v) is 10.9. The van der Waals surface area contributed by atoms with E-state index in [0.29, 0.717) is 5.92 Å². The number of rotatable bonds is 2. The molecular weight excluding hydrogens is 681 g/mol. The molecule has 5 nitrogen and oxygen atoms in total. The number of fused-ring (bicyclic) bond motifs is 5. The van der Waals surface area contributed by atoms with Gasteiger partial charge in [-0.15, -0.1) is 0 Å². The topological polar surface area (TPSA) is 16.2 Å². The van der Waals surface area contributed by atoms with Crippen LogP contribution in [0.2, 0.25) is 0 Å². The summed E-state index contributed by atoms with van der Waals surface area (Å²) < 4.78 is 0. The molecule has 0 N–H and O–H groups in total. The van der Waals surface area contributed by atoms with Gasteiger partial charge in [-0.2, -0.15) is 0 Å². The van der Waals surface area contributed by atoms with Gasteiger partial charge in [0, 0.05) is 72.8 Å². The van der Waals surface area contributed by atoms with E-state index in [-0.39, 0.29) is 23.3 Å².